The molecule has 22 heavy (non-hydrogen) atoms. The lowest BCUT2D eigenvalue weighted by atomic mass is 10.1. The third-order valence-corrected chi connectivity index (χ3v) is 2.83. The molecular formula is C15H14F3N3O. The summed E-state index contributed by atoms with van der Waals surface area (Å²) in [6, 6.07) is 5.74. The monoisotopic (exact) mass is 309 g/mol. The van der Waals surface area contributed by atoms with Crippen molar-refractivity contribution in [3.63, 3.8) is 0 Å². The fourth-order valence-corrected chi connectivity index (χ4v) is 2.02. The van der Waals surface area contributed by atoms with Gasteiger partial charge >= 0.3 is 6.36 Å². The van der Waals surface area contributed by atoms with Crippen molar-refractivity contribution in [3.05, 3.63) is 36.2 Å². The molecule has 0 atom stereocenters. The number of hydrogen-bond acceptors (Lipinski definition) is 3. The summed E-state index contributed by atoms with van der Waals surface area (Å²) in [4.78, 5) is 0. The van der Waals surface area contributed by atoms with Gasteiger partial charge in [0.05, 0.1) is 17.8 Å². The molecule has 0 bridgehead atoms. The van der Waals surface area contributed by atoms with Crippen LogP contribution in [0.15, 0.2) is 30.6 Å². The Kier molecular flexibility index (Phi) is 4.40. The summed E-state index contributed by atoms with van der Waals surface area (Å²) < 4.78 is 43.3. The van der Waals surface area contributed by atoms with Gasteiger partial charge in [-0.2, -0.15) is 10.4 Å². The maximum atomic E-state index is 12.5. The molecule has 1 heterocycles. The summed E-state index contributed by atoms with van der Waals surface area (Å²) in [5, 5.41) is 12.9. The normalized spacial score (nSPS) is 11.5. The number of benzene rings is 1. The summed E-state index contributed by atoms with van der Waals surface area (Å²) in [6.07, 6.45) is -1.69. The van der Waals surface area contributed by atoms with Gasteiger partial charge in [0.1, 0.15) is 5.75 Å². The second-order valence-electron chi connectivity index (χ2n) is 5.22. The highest BCUT2D eigenvalue weighted by Gasteiger charge is 2.32. The Labute approximate surface area is 125 Å². The van der Waals surface area contributed by atoms with E-state index in [1.807, 2.05) is 13.8 Å². The molecule has 1 aromatic heterocycles. The molecule has 1 aromatic carbocycles. The Balaban J connectivity index is 2.41. The summed E-state index contributed by atoms with van der Waals surface area (Å²) in [6.45, 7) is 4.69. The fourth-order valence-electron chi connectivity index (χ4n) is 2.02. The molecule has 0 aliphatic carbocycles. The lowest BCUT2D eigenvalue weighted by Gasteiger charge is -2.12. The Morgan fingerprint density at radius 2 is 2.09 bits per heavy atom. The van der Waals surface area contributed by atoms with Crippen molar-refractivity contribution in [2.75, 3.05) is 0 Å². The summed E-state index contributed by atoms with van der Waals surface area (Å²) in [7, 11) is 0. The predicted molar refractivity (Wildman–Crippen MR) is 73.9 cm³/mol. The highest BCUT2D eigenvalue weighted by Crippen LogP contribution is 2.34. The predicted octanol–water partition coefficient (Wildman–Crippen LogP) is 3.98. The number of rotatable bonds is 4. The van der Waals surface area contributed by atoms with Gasteiger partial charge in [-0.05, 0) is 24.1 Å². The van der Waals surface area contributed by atoms with E-state index in [0.717, 1.165) is 6.07 Å². The van der Waals surface area contributed by atoms with Gasteiger partial charge in [0.2, 0.25) is 0 Å². The minimum atomic E-state index is -4.82. The zero-order chi connectivity index (χ0) is 16.3. The topological polar surface area (TPSA) is 50.8 Å². The molecule has 0 aliphatic heterocycles. The second kappa shape index (κ2) is 6.10. The third-order valence-electron chi connectivity index (χ3n) is 2.83. The van der Waals surface area contributed by atoms with Gasteiger partial charge in [-0.15, -0.1) is 13.2 Å². The third kappa shape index (κ3) is 4.01. The van der Waals surface area contributed by atoms with Crippen molar-refractivity contribution in [2.24, 2.45) is 5.92 Å². The highest BCUT2D eigenvalue weighted by atomic mass is 19.4. The number of ether oxygens (including phenoxy) is 1. The largest absolute Gasteiger partial charge is 0.573 e. The molecule has 0 fully saturated rings. The van der Waals surface area contributed by atoms with E-state index in [1.54, 1.807) is 16.9 Å². The van der Waals surface area contributed by atoms with Crippen molar-refractivity contribution in [1.29, 1.82) is 5.26 Å². The molecule has 0 radical (unpaired) electrons. The standard InChI is InChI=1S/C15H14F3N3O/c1-10(2)8-21-9-12(7-20-21)13-4-3-11(6-19)5-14(13)22-15(16,17)18/h3-5,7,9-10H,8H2,1-2H3. The van der Waals surface area contributed by atoms with Crippen LogP contribution < -0.4 is 4.74 Å². The molecule has 0 aliphatic rings. The van der Waals surface area contributed by atoms with Gasteiger partial charge in [-0.25, -0.2) is 0 Å². The Hall–Kier alpha value is -2.49. The van der Waals surface area contributed by atoms with Crippen molar-refractivity contribution in [1.82, 2.24) is 9.78 Å². The van der Waals surface area contributed by atoms with Gasteiger partial charge < -0.3 is 4.74 Å². The van der Waals surface area contributed by atoms with Gasteiger partial charge in [0.25, 0.3) is 0 Å². The van der Waals surface area contributed by atoms with E-state index in [1.165, 1.54) is 18.3 Å². The fraction of sp³-hybridized carbons (Fsp3) is 0.333. The number of nitrogens with zero attached hydrogens (tertiary/aromatic N) is 3. The molecule has 0 saturated carbocycles. The molecule has 4 nitrogen and oxygen atoms in total. The van der Waals surface area contributed by atoms with E-state index in [4.69, 9.17) is 5.26 Å². The quantitative estimate of drug-likeness (QED) is 0.858. The number of alkyl halides is 3. The van der Waals surface area contributed by atoms with Gasteiger partial charge in [0.15, 0.2) is 0 Å². The molecule has 2 rings (SSSR count). The Bertz CT molecular complexity index is 699. The first-order valence-electron chi connectivity index (χ1n) is 6.61. The summed E-state index contributed by atoms with van der Waals surface area (Å²) >= 11 is 0. The van der Waals surface area contributed by atoms with E-state index in [0.29, 0.717) is 18.0 Å². The molecule has 0 N–H and O–H groups in total. The van der Waals surface area contributed by atoms with Crippen LogP contribution in [0.4, 0.5) is 13.2 Å². The van der Waals surface area contributed by atoms with Crippen LogP contribution in [0, 0.1) is 17.2 Å². The van der Waals surface area contributed by atoms with Crippen molar-refractivity contribution >= 4 is 0 Å². The average molecular weight is 309 g/mol. The number of halogens is 3. The molecule has 7 heteroatoms. The van der Waals surface area contributed by atoms with E-state index >= 15 is 0 Å². The maximum Gasteiger partial charge on any atom is 0.573 e. The number of hydrogen-bond donors (Lipinski definition) is 0. The van der Waals surface area contributed by atoms with Gasteiger partial charge in [-0.1, -0.05) is 13.8 Å². The lowest BCUT2D eigenvalue weighted by Crippen LogP contribution is -2.17. The van der Waals surface area contributed by atoms with E-state index < -0.39 is 12.1 Å². The van der Waals surface area contributed by atoms with Crippen LogP contribution in [0.1, 0.15) is 19.4 Å². The summed E-state index contributed by atoms with van der Waals surface area (Å²) in [5.74, 6) is -0.0461. The molecule has 0 saturated heterocycles. The van der Waals surface area contributed by atoms with Crippen LogP contribution in [-0.4, -0.2) is 16.1 Å². The first-order chi connectivity index (χ1) is 10.3. The number of aromatic nitrogens is 2. The van der Waals surface area contributed by atoms with E-state index in [2.05, 4.69) is 9.84 Å². The Morgan fingerprint density at radius 1 is 1.36 bits per heavy atom. The van der Waals surface area contributed by atoms with Crippen LogP contribution in [0.3, 0.4) is 0 Å². The van der Waals surface area contributed by atoms with E-state index in [9.17, 15) is 13.2 Å². The highest BCUT2D eigenvalue weighted by molar-refractivity contribution is 5.70. The summed E-state index contributed by atoms with van der Waals surface area (Å²) in [5.41, 5.74) is 0.841. The van der Waals surface area contributed by atoms with Crippen molar-refractivity contribution < 1.29 is 17.9 Å². The Morgan fingerprint density at radius 3 is 2.68 bits per heavy atom. The molecule has 116 valence electrons. The number of nitriles is 1. The van der Waals surface area contributed by atoms with Crippen LogP contribution in [0.2, 0.25) is 0 Å². The first kappa shape index (κ1) is 15.9. The van der Waals surface area contributed by atoms with Crippen LogP contribution in [0.5, 0.6) is 5.75 Å². The van der Waals surface area contributed by atoms with Crippen molar-refractivity contribution in [2.45, 2.75) is 26.8 Å². The zero-order valence-electron chi connectivity index (χ0n) is 12.1. The molecule has 2 aromatic rings. The lowest BCUT2D eigenvalue weighted by molar-refractivity contribution is -0.274. The van der Waals surface area contributed by atoms with Crippen LogP contribution >= 0.6 is 0 Å². The minimum absolute atomic E-state index is 0.0950. The molecular weight excluding hydrogens is 295 g/mol. The maximum absolute atomic E-state index is 12.5. The smallest absolute Gasteiger partial charge is 0.405 e. The SMILES string of the molecule is CC(C)Cn1cc(-c2ccc(C#N)cc2OC(F)(F)F)cn1. The van der Waals surface area contributed by atoms with Crippen molar-refractivity contribution in [3.8, 4) is 22.9 Å². The molecule has 0 unspecified atom stereocenters. The molecule has 0 amide bonds. The minimum Gasteiger partial charge on any atom is -0.405 e. The van der Waals surface area contributed by atoms with Crippen LogP contribution in [0.25, 0.3) is 11.1 Å². The average Bonchev–Trinajstić information content (AvgIpc) is 2.84. The van der Waals surface area contributed by atoms with E-state index in [-0.39, 0.29) is 11.1 Å². The second-order valence-corrected chi connectivity index (χ2v) is 5.22. The van der Waals surface area contributed by atoms with Gasteiger partial charge in [-0.3, -0.25) is 4.68 Å². The zero-order valence-corrected chi connectivity index (χ0v) is 12.1. The van der Waals surface area contributed by atoms with Crippen LogP contribution in [-0.2, 0) is 6.54 Å². The van der Waals surface area contributed by atoms with Gasteiger partial charge in [0, 0.05) is 23.9 Å². The molecule has 0 spiro atoms. The first-order valence-corrected chi connectivity index (χ1v) is 6.61.